The maximum Gasteiger partial charge on any atom is 0.495 e. The number of benzene rings is 3. The van der Waals surface area contributed by atoms with E-state index in [0.717, 1.165) is 5.46 Å². The minimum absolute atomic E-state index is 0.349. The van der Waals surface area contributed by atoms with Crippen LogP contribution in [0.5, 0.6) is 0 Å². The Morgan fingerprint density at radius 1 is 0.852 bits per heavy atom. The van der Waals surface area contributed by atoms with Crippen LogP contribution < -0.4 is 5.46 Å². The van der Waals surface area contributed by atoms with Gasteiger partial charge in [-0.2, -0.15) is 0 Å². The topological polar surface area (TPSA) is 18.5 Å². The van der Waals surface area contributed by atoms with E-state index < -0.39 is 0 Å². The zero-order valence-electron chi connectivity index (χ0n) is 16.4. The average Bonchev–Trinajstić information content (AvgIpc) is 3.08. The van der Waals surface area contributed by atoms with Gasteiger partial charge in [0.15, 0.2) is 0 Å². The van der Waals surface area contributed by atoms with Crippen molar-refractivity contribution in [1.29, 1.82) is 0 Å². The first-order valence-electron chi connectivity index (χ1n) is 9.47. The molecule has 3 aromatic carbocycles. The predicted molar refractivity (Wildman–Crippen MR) is 117 cm³/mol. The van der Waals surface area contributed by atoms with Crippen molar-refractivity contribution in [3.8, 4) is 0 Å². The number of aryl methyl sites for hydroxylation is 1. The standard InChI is InChI=1S/C23H23BO2S/c1-14-10-11-17-19(12-14)27-21-16-9-7-6-8-15(16)13-18(20(17)21)24-25-22(2,3)23(4,5)26-24/h6-13H,1-5H3. The molecule has 1 aromatic heterocycles. The molecule has 4 aromatic rings. The highest BCUT2D eigenvalue weighted by Crippen LogP contribution is 2.41. The van der Waals surface area contributed by atoms with Crippen LogP contribution in [0.2, 0.25) is 0 Å². The van der Waals surface area contributed by atoms with Crippen LogP contribution in [0.15, 0.2) is 48.5 Å². The van der Waals surface area contributed by atoms with E-state index in [9.17, 15) is 0 Å². The lowest BCUT2D eigenvalue weighted by Crippen LogP contribution is -2.41. The number of fused-ring (bicyclic) bond motifs is 5. The van der Waals surface area contributed by atoms with Crippen LogP contribution in [0, 0.1) is 6.92 Å². The molecule has 0 spiro atoms. The van der Waals surface area contributed by atoms with Crippen LogP contribution in [-0.2, 0) is 9.31 Å². The molecule has 136 valence electrons. The van der Waals surface area contributed by atoms with Gasteiger partial charge in [-0.15, -0.1) is 11.3 Å². The molecule has 5 rings (SSSR count). The summed E-state index contributed by atoms with van der Waals surface area (Å²) in [5, 5.41) is 5.09. The summed E-state index contributed by atoms with van der Waals surface area (Å²) in [6, 6.07) is 17.6. The van der Waals surface area contributed by atoms with Gasteiger partial charge < -0.3 is 9.31 Å². The van der Waals surface area contributed by atoms with E-state index in [1.54, 1.807) is 0 Å². The molecular weight excluding hydrogens is 351 g/mol. The van der Waals surface area contributed by atoms with E-state index >= 15 is 0 Å². The van der Waals surface area contributed by atoms with Crippen molar-refractivity contribution >= 4 is 54.9 Å². The molecule has 0 radical (unpaired) electrons. The van der Waals surface area contributed by atoms with E-state index in [4.69, 9.17) is 9.31 Å². The number of thiophene rings is 1. The summed E-state index contributed by atoms with van der Waals surface area (Å²) >= 11 is 1.87. The van der Waals surface area contributed by atoms with Gasteiger partial charge in [0.1, 0.15) is 0 Å². The fraction of sp³-hybridized carbons (Fsp3) is 0.304. The first-order chi connectivity index (χ1) is 12.8. The van der Waals surface area contributed by atoms with Gasteiger partial charge in [0.05, 0.1) is 11.2 Å². The number of hydrogen-bond donors (Lipinski definition) is 0. The van der Waals surface area contributed by atoms with Crippen molar-refractivity contribution in [3.63, 3.8) is 0 Å². The Bertz CT molecular complexity index is 1190. The van der Waals surface area contributed by atoms with Crippen LogP contribution in [0.4, 0.5) is 0 Å². The first kappa shape index (κ1) is 17.2. The molecule has 0 bridgehead atoms. The van der Waals surface area contributed by atoms with E-state index in [-0.39, 0.29) is 18.3 Å². The maximum atomic E-state index is 6.43. The summed E-state index contributed by atoms with van der Waals surface area (Å²) in [7, 11) is -0.360. The Kier molecular flexibility index (Phi) is 3.56. The molecule has 0 amide bonds. The minimum atomic E-state index is -0.360. The summed E-state index contributed by atoms with van der Waals surface area (Å²) in [6.07, 6.45) is 0. The summed E-state index contributed by atoms with van der Waals surface area (Å²) in [6.45, 7) is 10.6. The molecule has 1 fully saturated rings. The lowest BCUT2D eigenvalue weighted by Gasteiger charge is -2.32. The van der Waals surface area contributed by atoms with Gasteiger partial charge >= 0.3 is 7.12 Å². The highest BCUT2D eigenvalue weighted by Gasteiger charge is 2.52. The molecule has 0 aliphatic carbocycles. The zero-order chi connectivity index (χ0) is 19.0. The van der Waals surface area contributed by atoms with Crippen LogP contribution in [0.25, 0.3) is 30.9 Å². The molecule has 1 aliphatic heterocycles. The van der Waals surface area contributed by atoms with Gasteiger partial charge in [-0.1, -0.05) is 42.5 Å². The van der Waals surface area contributed by atoms with Crippen molar-refractivity contribution in [1.82, 2.24) is 0 Å². The normalized spacial score (nSPS) is 18.8. The van der Waals surface area contributed by atoms with Crippen LogP contribution in [-0.4, -0.2) is 18.3 Å². The molecule has 0 saturated carbocycles. The fourth-order valence-corrected chi connectivity index (χ4v) is 5.28. The Morgan fingerprint density at radius 2 is 1.56 bits per heavy atom. The molecule has 0 unspecified atom stereocenters. The Hall–Kier alpha value is -1.88. The van der Waals surface area contributed by atoms with Crippen molar-refractivity contribution in [2.24, 2.45) is 0 Å². The Labute approximate surface area is 164 Å². The monoisotopic (exact) mass is 374 g/mol. The SMILES string of the molecule is Cc1ccc2c(c1)sc1c3ccccc3cc(B3OC(C)(C)C(C)(C)O3)c21. The van der Waals surface area contributed by atoms with E-state index in [2.05, 4.69) is 83.1 Å². The van der Waals surface area contributed by atoms with Crippen LogP contribution >= 0.6 is 11.3 Å². The smallest absolute Gasteiger partial charge is 0.399 e. The lowest BCUT2D eigenvalue weighted by molar-refractivity contribution is 0.00578. The van der Waals surface area contributed by atoms with Gasteiger partial charge in [0.25, 0.3) is 0 Å². The third-order valence-electron chi connectivity index (χ3n) is 6.16. The number of rotatable bonds is 1. The third kappa shape index (κ3) is 2.47. The summed E-state index contributed by atoms with van der Waals surface area (Å²) < 4.78 is 15.5. The second-order valence-electron chi connectivity index (χ2n) is 8.58. The molecule has 0 N–H and O–H groups in total. The van der Waals surface area contributed by atoms with Gasteiger partial charge in [-0.25, -0.2) is 0 Å². The summed E-state index contributed by atoms with van der Waals surface area (Å²) in [5.41, 5.74) is 1.73. The number of hydrogen-bond acceptors (Lipinski definition) is 3. The largest absolute Gasteiger partial charge is 0.495 e. The molecule has 2 heterocycles. The predicted octanol–water partition coefficient (Wildman–Crippen LogP) is 5.82. The second-order valence-corrected chi connectivity index (χ2v) is 9.63. The zero-order valence-corrected chi connectivity index (χ0v) is 17.2. The highest BCUT2D eigenvalue weighted by molar-refractivity contribution is 7.27. The van der Waals surface area contributed by atoms with Gasteiger partial charge in [0, 0.05) is 20.2 Å². The van der Waals surface area contributed by atoms with Crippen molar-refractivity contribution in [2.75, 3.05) is 0 Å². The van der Waals surface area contributed by atoms with Crippen LogP contribution in [0.1, 0.15) is 33.3 Å². The van der Waals surface area contributed by atoms with E-state index in [0.29, 0.717) is 0 Å². The van der Waals surface area contributed by atoms with E-state index in [1.807, 2.05) is 11.3 Å². The first-order valence-corrected chi connectivity index (χ1v) is 10.3. The molecule has 1 aliphatic rings. The third-order valence-corrected chi connectivity index (χ3v) is 7.34. The van der Waals surface area contributed by atoms with Gasteiger partial charge in [0.2, 0.25) is 0 Å². The molecule has 4 heteroatoms. The molecule has 27 heavy (non-hydrogen) atoms. The highest BCUT2D eigenvalue weighted by atomic mass is 32.1. The van der Waals surface area contributed by atoms with Gasteiger partial charge in [-0.3, -0.25) is 0 Å². The van der Waals surface area contributed by atoms with Gasteiger partial charge in [-0.05, 0) is 62.5 Å². The summed E-state index contributed by atoms with van der Waals surface area (Å²) in [4.78, 5) is 0. The molecule has 1 saturated heterocycles. The maximum absolute atomic E-state index is 6.43. The Morgan fingerprint density at radius 3 is 2.30 bits per heavy atom. The van der Waals surface area contributed by atoms with Crippen molar-refractivity contribution < 1.29 is 9.31 Å². The fourth-order valence-electron chi connectivity index (χ4n) is 3.91. The van der Waals surface area contributed by atoms with Crippen LogP contribution in [0.3, 0.4) is 0 Å². The summed E-state index contributed by atoms with van der Waals surface area (Å²) in [5.74, 6) is 0. The molecule has 0 atom stereocenters. The second kappa shape index (κ2) is 5.57. The van der Waals surface area contributed by atoms with E-state index in [1.165, 1.54) is 36.5 Å². The van der Waals surface area contributed by atoms with Crippen molar-refractivity contribution in [3.05, 3.63) is 54.1 Å². The molecular formula is C23H23BO2S. The lowest BCUT2D eigenvalue weighted by atomic mass is 9.75. The quantitative estimate of drug-likeness (QED) is 0.391. The average molecular weight is 374 g/mol. The van der Waals surface area contributed by atoms with Crippen molar-refractivity contribution in [2.45, 2.75) is 45.8 Å². The molecule has 2 nitrogen and oxygen atoms in total. The Balaban J connectivity index is 1.87. The minimum Gasteiger partial charge on any atom is -0.399 e.